The maximum Gasteiger partial charge on any atom is 0.408 e. The number of nitrogens with one attached hydrogen (secondary N) is 1. The van der Waals surface area contributed by atoms with Crippen LogP contribution in [0.2, 0.25) is 0 Å². The fraction of sp³-hybridized carbons (Fsp3) is 0.421. The molecule has 16 nitrogen and oxygen atoms in total. The molecule has 6 aromatic rings. The van der Waals surface area contributed by atoms with E-state index in [1.165, 1.54) is 32.9 Å². The number of hydrogen-bond donors (Lipinski definition) is 2. The number of alkyl carbamates (subject to hydrolysis) is 1. The van der Waals surface area contributed by atoms with Gasteiger partial charge in [-0.25, -0.2) is 30.4 Å². The average Bonchev–Trinajstić information content (AvgIpc) is 4.42. The van der Waals surface area contributed by atoms with Crippen molar-refractivity contribution in [3.05, 3.63) is 107 Å². The first-order valence-electron chi connectivity index (χ1n) is 25.8. The Hall–Kier alpha value is -6.77. The van der Waals surface area contributed by atoms with Gasteiger partial charge in [-0.15, -0.1) is 0 Å². The Morgan fingerprint density at radius 2 is 1.04 bits per heavy atom. The van der Waals surface area contributed by atoms with Crippen molar-refractivity contribution in [3.8, 4) is 22.6 Å². The molecule has 3 N–H and O–H groups in total. The fourth-order valence-corrected chi connectivity index (χ4v) is 11.1. The molecule has 0 saturated heterocycles. The van der Waals surface area contributed by atoms with Crippen molar-refractivity contribution in [1.82, 2.24) is 5.32 Å². The normalized spacial score (nSPS) is 13.7. The summed E-state index contributed by atoms with van der Waals surface area (Å²) in [6.07, 6.45) is 6.43. The van der Waals surface area contributed by atoms with Crippen molar-refractivity contribution in [2.75, 3.05) is 47.3 Å². The molecule has 0 spiro atoms. The number of nitrogens with zero attached hydrogens (tertiary/aromatic N) is 2. The molecule has 2 heterocycles. The van der Waals surface area contributed by atoms with Gasteiger partial charge in [0.25, 0.3) is 0 Å². The van der Waals surface area contributed by atoms with Gasteiger partial charge >= 0.3 is 6.09 Å². The lowest BCUT2D eigenvalue weighted by Crippen LogP contribution is -2.36. The van der Waals surface area contributed by atoms with Gasteiger partial charge in [-0.3, -0.25) is 27.8 Å². The highest BCUT2D eigenvalue weighted by Gasteiger charge is 2.35. The van der Waals surface area contributed by atoms with E-state index in [0.29, 0.717) is 73.5 Å². The largest absolute Gasteiger partial charge is 0.455 e. The van der Waals surface area contributed by atoms with E-state index in [1.807, 2.05) is 12.1 Å². The number of carbonyl (C=O) groups is 5. The molecule has 0 radical (unpaired) electrons. The highest BCUT2D eigenvalue weighted by molar-refractivity contribution is 7.92. The third kappa shape index (κ3) is 14.4. The summed E-state index contributed by atoms with van der Waals surface area (Å²) in [5.74, 6) is -0.504. The van der Waals surface area contributed by atoms with E-state index in [-0.39, 0.29) is 93.3 Å². The highest BCUT2D eigenvalue weighted by atomic mass is 32.2. The predicted molar refractivity (Wildman–Crippen MR) is 293 cm³/mol. The number of nitrogens with two attached hydrogens (primary N) is 1. The second-order valence-corrected chi connectivity index (χ2v) is 24.4. The SMILES string of the molecule is CCC(=O)c1c(-c2ccc(F)cc2)oc2cc(N(CCCC(=O)CN)S(C)(=O)=O)c(C3CC3)cc12.CCC(=O)c1c(-c2ccc(F)cc2)oc2cc(N(CCCC(=O)CNC(=O)OC(C)(C)C)S(C)(=O)=O)c(C3CC3)cc12. The minimum Gasteiger partial charge on any atom is -0.455 e. The molecule has 2 aliphatic carbocycles. The molecular weight excluding hydrogens is 1030 g/mol. The van der Waals surface area contributed by atoms with Gasteiger partial charge in [0.2, 0.25) is 20.0 Å². The molecule has 77 heavy (non-hydrogen) atoms. The summed E-state index contributed by atoms with van der Waals surface area (Å²) in [5.41, 5.74) is 9.91. The third-order valence-corrected chi connectivity index (χ3v) is 15.5. The second-order valence-electron chi connectivity index (χ2n) is 20.6. The van der Waals surface area contributed by atoms with Crippen molar-refractivity contribution in [2.45, 2.75) is 116 Å². The number of sulfonamides is 2. The Balaban J connectivity index is 0.000000227. The van der Waals surface area contributed by atoms with Crippen LogP contribution in [0.5, 0.6) is 0 Å². The Morgan fingerprint density at radius 1 is 0.649 bits per heavy atom. The van der Waals surface area contributed by atoms with Gasteiger partial charge in [0.05, 0.1) is 48.1 Å². The summed E-state index contributed by atoms with van der Waals surface area (Å²) in [4.78, 5) is 62.0. The molecule has 0 bridgehead atoms. The topological polar surface area (TPSA) is 234 Å². The molecule has 8 rings (SSSR count). The molecule has 0 atom stereocenters. The highest BCUT2D eigenvalue weighted by Crippen LogP contribution is 2.50. The first kappa shape index (κ1) is 57.9. The van der Waals surface area contributed by atoms with Gasteiger partial charge in [-0.05, 0) is 143 Å². The van der Waals surface area contributed by atoms with Crippen LogP contribution < -0.4 is 19.7 Å². The molecule has 2 aliphatic rings. The van der Waals surface area contributed by atoms with Gasteiger partial charge in [-0.2, -0.15) is 0 Å². The van der Waals surface area contributed by atoms with Crippen molar-refractivity contribution in [3.63, 3.8) is 0 Å². The smallest absolute Gasteiger partial charge is 0.408 e. The van der Waals surface area contributed by atoms with E-state index in [9.17, 15) is 49.6 Å². The van der Waals surface area contributed by atoms with Crippen molar-refractivity contribution < 1.29 is 63.2 Å². The van der Waals surface area contributed by atoms with Crippen LogP contribution in [0.4, 0.5) is 25.0 Å². The van der Waals surface area contributed by atoms with Crippen LogP contribution in [0, 0.1) is 11.6 Å². The Bertz CT molecular complexity index is 3430. The van der Waals surface area contributed by atoms with Gasteiger partial charge in [0, 0.05) is 72.8 Å². The zero-order chi connectivity index (χ0) is 56.1. The number of hydrogen-bond acceptors (Lipinski definition) is 13. The van der Waals surface area contributed by atoms with Gasteiger partial charge in [0.15, 0.2) is 17.3 Å². The Kier molecular flexibility index (Phi) is 17.9. The number of rotatable bonds is 23. The number of anilines is 2. The van der Waals surface area contributed by atoms with Crippen LogP contribution >= 0.6 is 0 Å². The number of carbonyl (C=O) groups excluding carboxylic acids is 5. The van der Waals surface area contributed by atoms with Gasteiger partial charge in [-0.1, -0.05) is 13.8 Å². The molecule has 1 amide bonds. The van der Waals surface area contributed by atoms with Gasteiger partial charge < -0.3 is 24.6 Å². The van der Waals surface area contributed by atoms with Crippen molar-refractivity contribution in [2.24, 2.45) is 5.73 Å². The molecule has 2 saturated carbocycles. The number of Topliss-reactive ketones (excluding diaryl/α,β-unsaturated/α-hetero) is 4. The summed E-state index contributed by atoms with van der Waals surface area (Å²) in [5, 5.41) is 3.63. The van der Waals surface area contributed by atoms with Crippen LogP contribution in [-0.2, 0) is 34.4 Å². The lowest BCUT2D eigenvalue weighted by atomic mass is 9.97. The average molecular weight is 1100 g/mol. The van der Waals surface area contributed by atoms with Crippen LogP contribution in [0.15, 0.2) is 81.6 Å². The second kappa shape index (κ2) is 23.9. The Morgan fingerprint density at radius 3 is 1.38 bits per heavy atom. The molecule has 2 fully saturated rings. The molecule has 20 heteroatoms. The Labute approximate surface area is 447 Å². The predicted octanol–water partition coefficient (Wildman–Crippen LogP) is 11.1. The minimum absolute atomic E-state index is 0.0362. The minimum atomic E-state index is -3.76. The molecule has 2 aromatic heterocycles. The van der Waals surface area contributed by atoms with E-state index in [0.717, 1.165) is 49.3 Å². The first-order chi connectivity index (χ1) is 36.3. The molecule has 4 aromatic carbocycles. The van der Waals surface area contributed by atoms with E-state index in [2.05, 4.69) is 5.32 Å². The lowest BCUT2D eigenvalue weighted by Gasteiger charge is -2.25. The summed E-state index contributed by atoms with van der Waals surface area (Å²) in [6.45, 7) is 8.53. The zero-order valence-corrected chi connectivity index (χ0v) is 46.1. The van der Waals surface area contributed by atoms with Crippen LogP contribution in [0.25, 0.3) is 44.6 Å². The maximum absolute atomic E-state index is 13.6. The summed E-state index contributed by atoms with van der Waals surface area (Å²) in [7, 11) is -7.42. The third-order valence-electron chi connectivity index (χ3n) is 13.1. The number of halogens is 2. The fourth-order valence-electron chi connectivity index (χ4n) is 9.13. The lowest BCUT2D eigenvalue weighted by molar-refractivity contribution is -0.118. The van der Waals surface area contributed by atoms with E-state index in [1.54, 1.807) is 71.0 Å². The summed E-state index contributed by atoms with van der Waals surface area (Å²) < 4.78 is 98.8. The number of amides is 1. The summed E-state index contributed by atoms with van der Waals surface area (Å²) in [6, 6.07) is 18.4. The van der Waals surface area contributed by atoms with E-state index < -0.39 is 43.4 Å². The van der Waals surface area contributed by atoms with E-state index in [4.69, 9.17) is 19.3 Å². The monoisotopic (exact) mass is 1100 g/mol. The van der Waals surface area contributed by atoms with Crippen LogP contribution in [0.3, 0.4) is 0 Å². The van der Waals surface area contributed by atoms with E-state index >= 15 is 0 Å². The molecule has 0 aliphatic heterocycles. The standard InChI is InChI=1S/C31H37FN2O7S.C26H29FN2O5S/c1-6-26(36)28-24-16-23(19-9-10-19)25(17-27(24)40-29(28)20-11-13-21(32)14-12-20)34(42(5,38)39)15-7-8-22(35)18-33-30(37)41-31(2,3)4;1-3-23(31)25-21-13-20(16-6-7-16)22(29(35(2,32)33)12-4-5-19(30)15-28)14-24(21)34-26(25)17-8-10-18(27)11-9-17/h11-14,16-17,19H,6-10,15,18H2,1-5H3,(H,33,37);8-11,13-14,16H,3-7,12,15,28H2,1-2H3. The first-order valence-corrected chi connectivity index (χ1v) is 29.5. The van der Waals surface area contributed by atoms with Crippen LogP contribution in [0.1, 0.15) is 143 Å². The van der Waals surface area contributed by atoms with Crippen molar-refractivity contribution in [1.29, 1.82) is 0 Å². The van der Waals surface area contributed by atoms with Gasteiger partial charge in [0.1, 0.15) is 45.7 Å². The maximum atomic E-state index is 13.6. The van der Waals surface area contributed by atoms with Crippen LogP contribution in [-0.4, -0.2) is 90.4 Å². The number of ether oxygens (including phenoxy) is 1. The number of furan rings is 2. The number of fused-ring (bicyclic) bond motifs is 2. The molecule has 412 valence electrons. The zero-order valence-electron chi connectivity index (χ0n) is 44.4. The molecule has 0 unspecified atom stereocenters. The number of ketones is 4. The summed E-state index contributed by atoms with van der Waals surface area (Å²) >= 11 is 0. The quantitative estimate of drug-likeness (QED) is 0.0569. The molecular formula is C57H66F2N4O12S2. The van der Waals surface area contributed by atoms with Crippen molar-refractivity contribution >= 4 is 82.6 Å². The number of benzene rings is 4.